The highest BCUT2D eigenvalue weighted by Gasteiger charge is 2.06. The van der Waals surface area contributed by atoms with Crippen LogP contribution in [0, 0.1) is 0 Å². The first-order valence-electron chi connectivity index (χ1n) is 8.09. The van der Waals surface area contributed by atoms with Gasteiger partial charge in [-0.2, -0.15) is 0 Å². The lowest BCUT2D eigenvalue weighted by molar-refractivity contribution is 0.0626. The van der Waals surface area contributed by atoms with Crippen LogP contribution in [0.4, 0.5) is 0 Å². The Balaban J connectivity index is 2.46. The highest BCUT2D eigenvalue weighted by molar-refractivity contribution is 5.27. The predicted octanol–water partition coefficient (Wildman–Crippen LogP) is 3.08. The lowest BCUT2D eigenvalue weighted by Gasteiger charge is -2.20. The van der Waals surface area contributed by atoms with Crippen molar-refractivity contribution in [3.8, 4) is 0 Å². The average Bonchev–Trinajstić information content (AvgIpc) is 2.40. The van der Waals surface area contributed by atoms with Gasteiger partial charge in [-0.25, -0.2) is 0 Å². The molecule has 3 nitrogen and oxygen atoms in total. The molecule has 120 valence electrons. The van der Waals surface area contributed by atoms with E-state index < -0.39 is 0 Å². The van der Waals surface area contributed by atoms with Gasteiger partial charge in [0, 0.05) is 19.1 Å². The van der Waals surface area contributed by atoms with Gasteiger partial charge >= 0.3 is 0 Å². The van der Waals surface area contributed by atoms with Gasteiger partial charge in [0.05, 0.1) is 12.7 Å². The van der Waals surface area contributed by atoms with E-state index in [1.165, 1.54) is 11.1 Å². The second-order valence-corrected chi connectivity index (χ2v) is 6.28. The lowest BCUT2D eigenvalue weighted by atomic mass is 10.0. The molecule has 1 aromatic carbocycles. The Hall–Kier alpha value is -0.900. The smallest absolute Gasteiger partial charge is 0.0596 e. The van der Waals surface area contributed by atoms with Crippen LogP contribution < -0.4 is 5.32 Å². The molecule has 0 aliphatic rings. The summed E-state index contributed by atoms with van der Waals surface area (Å²) >= 11 is 0. The molecule has 0 unspecified atom stereocenters. The number of nitrogens with one attached hydrogen (secondary N) is 1. The molecule has 3 heteroatoms. The topological polar surface area (TPSA) is 24.5 Å². The van der Waals surface area contributed by atoms with Gasteiger partial charge in [0.2, 0.25) is 0 Å². The van der Waals surface area contributed by atoms with E-state index in [1.54, 1.807) is 0 Å². The quantitative estimate of drug-likeness (QED) is 0.717. The van der Waals surface area contributed by atoms with Crippen molar-refractivity contribution in [2.45, 2.75) is 52.8 Å². The zero-order valence-electron chi connectivity index (χ0n) is 14.4. The molecule has 1 aromatic rings. The van der Waals surface area contributed by atoms with Crippen molar-refractivity contribution in [1.82, 2.24) is 10.2 Å². The summed E-state index contributed by atoms with van der Waals surface area (Å²) in [6, 6.07) is 9.30. The van der Waals surface area contributed by atoms with Crippen LogP contribution in [0.2, 0.25) is 0 Å². The van der Waals surface area contributed by atoms with Crippen LogP contribution in [0.15, 0.2) is 24.3 Å². The molecule has 0 aromatic heterocycles. The molecule has 0 radical (unpaired) electrons. The van der Waals surface area contributed by atoms with Crippen LogP contribution in [0.1, 0.15) is 38.8 Å². The van der Waals surface area contributed by atoms with Gasteiger partial charge in [0.1, 0.15) is 0 Å². The molecule has 21 heavy (non-hydrogen) atoms. The summed E-state index contributed by atoms with van der Waals surface area (Å²) in [7, 11) is 2.16. The first-order chi connectivity index (χ1) is 9.99. The van der Waals surface area contributed by atoms with Crippen LogP contribution in [-0.4, -0.2) is 43.8 Å². The van der Waals surface area contributed by atoms with Crippen molar-refractivity contribution in [3.63, 3.8) is 0 Å². The molecule has 0 bridgehead atoms. The van der Waals surface area contributed by atoms with Gasteiger partial charge in [0.25, 0.3) is 0 Å². The van der Waals surface area contributed by atoms with Crippen LogP contribution in [0.25, 0.3) is 0 Å². The molecule has 0 saturated carbocycles. The third-order valence-electron chi connectivity index (χ3n) is 3.43. The van der Waals surface area contributed by atoms with E-state index in [2.05, 4.69) is 69.2 Å². The Morgan fingerprint density at radius 3 is 2.38 bits per heavy atom. The molecule has 0 aliphatic heterocycles. The van der Waals surface area contributed by atoms with Crippen molar-refractivity contribution < 1.29 is 4.74 Å². The Morgan fingerprint density at radius 2 is 1.76 bits per heavy atom. The number of likely N-dealkylation sites (N-methyl/N-ethyl adjacent to an activating group) is 1. The van der Waals surface area contributed by atoms with Gasteiger partial charge < -0.3 is 10.1 Å². The van der Waals surface area contributed by atoms with Crippen molar-refractivity contribution in [2.75, 3.05) is 26.7 Å². The summed E-state index contributed by atoms with van der Waals surface area (Å²) in [5, 5.41) is 3.49. The van der Waals surface area contributed by atoms with Crippen molar-refractivity contribution in [3.05, 3.63) is 35.4 Å². The van der Waals surface area contributed by atoms with Crippen molar-refractivity contribution in [2.24, 2.45) is 0 Å². The van der Waals surface area contributed by atoms with Gasteiger partial charge in [0.15, 0.2) is 0 Å². The molecule has 0 spiro atoms. The maximum atomic E-state index is 5.62. The molecular formula is C18H32N2O. The van der Waals surface area contributed by atoms with E-state index in [9.17, 15) is 0 Å². The fourth-order valence-electron chi connectivity index (χ4n) is 2.27. The number of benzene rings is 1. The molecule has 0 heterocycles. The van der Waals surface area contributed by atoms with E-state index in [0.29, 0.717) is 12.1 Å². The van der Waals surface area contributed by atoms with Crippen molar-refractivity contribution in [1.29, 1.82) is 0 Å². The minimum atomic E-state index is 0.313. The highest BCUT2D eigenvalue weighted by Crippen LogP contribution is 2.11. The van der Waals surface area contributed by atoms with Gasteiger partial charge in [-0.05, 0) is 45.0 Å². The largest absolute Gasteiger partial charge is 0.377 e. The molecule has 1 N–H and O–H groups in total. The summed E-state index contributed by atoms with van der Waals surface area (Å²) in [6.45, 7) is 12.3. The van der Waals surface area contributed by atoms with Crippen LogP contribution in [0.3, 0.4) is 0 Å². The molecule has 1 rings (SSSR count). The van der Waals surface area contributed by atoms with E-state index in [-0.39, 0.29) is 0 Å². The van der Waals surface area contributed by atoms with E-state index in [0.717, 1.165) is 32.7 Å². The average molecular weight is 292 g/mol. The second kappa shape index (κ2) is 9.93. The van der Waals surface area contributed by atoms with Gasteiger partial charge in [-0.15, -0.1) is 0 Å². The summed E-state index contributed by atoms with van der Waals surface area (Å²) in [4.78, 5) is 2.33. The second-order valence-electron chi connectivity index (χ2n) is 6.28. The molecule has 0 atom stereocenters. The van der Waals surface area contributed by atoms with Crippen LogP contribution in [0.5, 0.6) is 0 Å². The summed E-state index contributed by atoms with van der Waals surface area (Å²) in [5.74, 6) is 0. The van der Waals surface area contributed by atoms with Gasteiger partial charge in [-0.1, -0.05) is 38.1 Å². The maximum absolute atomic E-state index is 5.62. The number of rotatable bonds is 10. The minimum Gasteiger partial charge on any atom is -0.377 e. The summed E-state index contributed by atoms with van der Waals surface area (Å²) in [6.07, 6.45) is 1.40. The summed E-state index contributed by atoms with van der Waals surface area (Å²) < 4.78 is 5.62. The van der Waals surface area contributed by atoms with Crippen LogP contribution in [-0.2, 0) is 17.7 Å². The maximum Gasteiger partial charge on any atom is 0.0596 e. The number of nitrogens with zero attached hydrogens (tertiary/aromatic N) is 1. The summed E-state index contributed by atoms with van der Waals surface area (Å²) in [5.41, 5.74) is 2.87. The van der Waals surface area contributed by atoms with Gasteiger partial charge in [-0.3, -0.25) is 4.90 Å². The van der Waals surface area contributed by atoms with Crippen molar-refractivity contribution >= 4 is 0 Å². The Kier molecular flexibility index (Phi) is 8.58. The minimum absolute atomic E-state index is 0.313. The third-order valence-corrected chi connectivity index (χ3v) is 3.43. The zero-order valence-corrected chi connectivity index (χ0v) is 14.4. The van der Waals surface area contributed by atoms with E-state index in [4.69, 9.17) is 4.74 Å². The van der Waals surface area contributed by atoms with E-state index >= 15 is 0 Å². The highest BCUT2D eigenvalue weighted by atomic mass is 16.5. The lowest BCUT2D eigenvalue weighted by Crippen LogP contribution is -2.26. The predicted molar refractivity (Wildman–Crippen MR) is 90.7 cm³/mol. The first-order valence-corrected chi connectivity index (χ1v) is 8.09. The Labute approximate surface area is 130 Å². The zero-order chi connectivity index (χ0) is 15.7. The molecule has 0 amide bonds. The molecule has 0 saturated heterocycles. The third kappa shape index (κ3) is 8.20. The fraction of sp³-hybridized carbons (Fsp3) is 0.667. The van der Waals surface area contributed by atoms with E-state index in [1.807, 2.05) is 0 Å². The molecule has 0 aliphatic carbocycles. The number of ether oxygens (including phenoxy) is 1. The monoisotopic (exact) mass is 292 g/mol. The Bertz CT molecular complexity index is 391. The fourth-order valence-corrected chi connectivity index (χ4v) is 2.27. The molecular weight excluding hydrogens is 260 g/mol. The SMILES string of the molecule is CC(C)NCCc1ccccc1CN(C)CCOC(C)C. The first kappa shape index (κ1) is 18.1. The molecule has 0 fully saturated rings. The number of hydrogen-bond donors (Lipinski definition) is 1. The Morgan fingerprint density at radius 1 is 1.10 bits per heavy atom. The standard InChI is InChI=1S/C18H32N2O/c1-15(2)19-11-10-17-8-6-7-9-18(17)14-20(5)12-13-21-16(3)4/h6-9,15-16,19H,10-14H2,1-5H3. The normalized spacial score (nSPS) is 11.8. The van der Waals surface area contributed by atoms with Crippen LogP contribution >= 0.6 is 0 Å². The number of hydrogen-bond acceptors (Lipinski definition) is 3.